The minimum atomic E-state index is 0.439. The summed E-state index contributed by atoms with van der Waals surface area (Å²) < 4.78 is 2.26. The molecule has 0 aliphatic carbocycles. The Hall–Kier alpha value is -6.89. The van der Waals surface area contributed by atoms with Gasteiger partial charge in [-0.25, -0.2) is 19.8 Å². The van der Waals surface area contributed by atoms with Gasteiger partial charge in [-0.05, 0) is 71.5 Å². The number of fused-ring (bicyclic) bond motifs is 3. The van der Waals surface area contributed by atoms with Gasteiger partial charge in [-0.3, -0.25) is 0 Å². The van der Waals surface area contributed by atoms with Crippen LogP contribution in [0, 0.1) is 24.8 Å². The average Bonchev–Trinajstić information content (AvgIpc) is 3.48. The lowest BCUT2D eigenvalue weighted by Crippen LogP contribution is -2.01. The van der Waals surface area contributed by atoms with Crippen LogP contribution >= 0.6 is 0 Å². The quantitative estimate of drug-likeness (QED) is 0.181. The van der Waals surface area contributed by atoms with Crippen LogP contribution in [0.2, 0.25) is 0 Å². The Morgan fingerprint density at radius 1 is 0.583 bits per heavy atom. The molecule has 224 valence electrons. The number of aryl methyl sites for hydroxylation is 1. The highest BCUT2D eigenvalue weighted by Crippen LogP contribution is 2.38. The zero-order valence-corrected chi connectivity index (χ0v) is 26.0. The Labute approximate surface area is 277 Å². The lowest BCUT2D eigenvalue weighted by atomic mass is 9.97. The van der Waals surface area contributed by atoms with Crippen LogP contribution < -0.4 is 0 Å². The third-order valence-corrected chi connectivity index (χ3v) is 8.65. The third kappa shape index (κ3) is 4.95. The molecule has 0 radical (unpaired) electrons. The number of benzene rings is 6. The average molecular weight is 615 g/mol. The molecule has 0 saturated heterocycles. The van der Waals surface area contributed by atoms with Crippen molar-refractivity contribution in [3.05, 3.63) is 162 Å². The second kappa shape index (κ2) is 11.8. The SMILES string of the molecule is [C-]#[N+]c1ccc2c(c1)c1cc(-c3ccc(-c4nc(-c5ccccc5)nc(-c5ccccc5)n4)c(C#N)c3)ccc1n2-c1ccccc1C. The van der Waals surface area contributed by atoms with E-state index in [1.807, 2.05) is 109 Å². The summed E-state index contributed by atoms with van der Waals surface area (Å²) in [5.41, 5.74) is 9.64. The van der Waals surface area contributed by atoms with Crippen LogP contribution in [0.3, 0.4) is 0 Å². The molecule has 0 aliphatic rings. The largest absolute Gasteiger partial charge is 0.309 e. The summed E-state index contributed by atoms with van der Waals surface area (Å²) in [6, 6.07) is 48.4. The molecule has 0 bridgehead atoms. The van der Waals surface area contributed by atoms with Crippen LogP contribution in [-0.2, 0) is 0 Å². The summed E-state index contributed by atoms with van der Waals surface area (Å²) in [6.45, 7) is 9.75. The van der Waals surface area contributed by atoms with Gasteiger partial charge in [0.15, 0.2) is 23.2 Å². The predicted molar refractivity (Wildman–Crippen MR) is 192 cm³/mol. The predicted octanol–water partition coefficient (Wildman–Crippen LogP) is 10.4. The molecule has 0 unspecified atom stereocenters. The van der Waals surface area contributed by atoms with Crippen LogP contribution in [-0.4, -0.2) is 19.5 Å². The van der Waals surface area contributed by atoms with Gasteiger partial charge in [0.25, 0.3) is 0 Å². The second-order valence-corrected chi connectivity index (χ2v) is 11.6. The van der Waals surface area contributed by atoms with Gasteiger partial charge in [0.05, 0.1) is 29.2 Å². The number of rotatable bonds is 5. The highest BCUT2D eigenvalue weighted by Gasteiger charge is 2.18. The molecule has 0 fully saturated rings. The Morgan fingerprint density at radius 3 is 1.79 bits per heavy atom. The second-order valence-electron chi connectivity index (χ2n) is 11.6. The number of para-hydroxylation sites is 1. The normalized spacial score (nSPS) is 11.0. The molecule has 0 saturated carbocycles. The molecule has 6 aromatic carbocycles. The fourth-order valence-electron chi connectivity index (χ4n) is 6.27. The molecule has 0 atom stereocenters. The van der Waals surface area contributed by atoms with Gasteiger partial charge in [0, 0.05) is 27.8 Å². The van der Waals surface area contributed by atoms with E-state index in [2.05, 4.69) is 52.7 Å². The highest BCUT2D eigenvalue weighted by atomic mass is 15.0. The van der Waals surface area contributed by atoms with E-state index >= 15 is 0 Å². The molecule has 0 spiro atoms. The fourth-order valence-corrected chi connectivity index (χ4v) is 6.27. The van der Waals surface area contributed by atoms with Gasteiger partial charge in [0.2, 0.25) is 0 Å². The monoisotopic (exact) mass is 614 g/mol. The maximum atomic E-state index is 10.4. The maximum Gasteiger partial charge on any atom is 0.188 e. The van der Waals surface area contributed by atoms with Gasteiger partial charge in [0.1, 0.15) is 0 Å². The van der Waals surface area contributed by atoms with E-state index < -0.39 is 0 Å². The maximum absolute atomic E-state index is 10.4. The first-order valence-electron chi connectivity index (χ1n) is 15.5. The molecular formula is C42H26N6. The summed E-state index contributed by atoms with van der Waals surface area (Å²) in [7, 11) is 0. The van der Waals surface area contributed by atoms with Crippen molar-refractivity contribution in [3.8, 4) is 57.0 Å². The van der Waals surface area contributed by atoms with Crippen molar-refractivity contribution in [3.63, 3.8) is 0 Å². The number of hydrogen-bond donors (Lipinski definition) is 0. The smallest absolute Gasteiger partial charge is 0.188 e. The Morgan fingerprint density at radius 2 is 1.15 bits per heavy atom. The van der Waals surface area contributed by atoms with Gasteiger partial charge < -0.3 is 4.57 Å². The molecule has 2 aromatic heterocycles. The standard InChI is InChI=1S/C42H26N6/c1-27-11-9-10-16-37(27)48-38-21-18-31(24-35(38)36-25-33(44-2)19-22-39(36)48)30-17-20-34(32(23-30)26-43)42-46-40(28-12-5-3-6-13-28)45-41(47-42)29-14-7-4-8-15-29/h3-25H,1H3. The minimum absolute atomic E-state index is 0.439. The molecular weight excluding hydrogens is 589 g/mol. The van der Waals surface area contributed by atoms with Crippen LogP contribution in [0.25, 0.3) is 77.6 Å². The van der Waals surface area contributed by atoms with Crippen molar-refractivity contribution in [2.75, 3.05) is 0 Å². The van der Waals surface area contributed by atoms with Gasteiger partial charge in [-0.1, -0.05) is 97.1 Å². The van der Waals surface area contributed by atoms with Crippen molar-refractivity contribution >= 4 is 27.5 Å². The molecule has 0 amide bonds. The number of hydrogen-bond acceptors (Lipinski definition) is 4. The van der Waals surface area contributed by atoms with Crippen molar-refractivity contribution in [1.29, 1.82) is 5.26 Å². The first-order valence-corrected chi connectivity index (χ1v) is 15.5. The van der Waals surface area contributed by atoms with E-state index in [-0.39, 0.29) is 0 Å². The molecule has 6 nitrogen and oxygen atoms in total. The first kappa shape index (κ1) is 28.6. The van der Waals surface area contributed by atoms with Crippen LogP contribution in [0.4, 0.5) is 5.69 Å². The van der Waals surface area contributed by atoms with E-state index in [0.717, 1.165) is 55.3 Å². The van der Waals surface area contributed by atoms with Crippen molar-refractivity contribution in [2.24, 2.45) is 0 Å². The Balaban J connectivity index is 1.28. The topological polar surface area (TPSA) is 71.8 Å². The highest BCUT2D eigenvalue weighted by molar-refractivity contribution is 6.11. The molecule has 8 aromatic rings. The van der Waals surface area contributed by atoms with E-state index in [0.29, 0.717) is 34.3 Å². The summed E-state index contributed by atoms with van der Waals surface area (Å²) in [4.78, 5) is 18.2. The Kier molecular flexibility index (Phi) is 7.02. The van der Waals surface area contributed by atoms with E-state index in [1.165, 1.54) is 0 Å². The van der Waals surface area contributed by atoms with Crippen molar-refractivity contribution < 1.29 is 0 Å². The lowest BCUT2D eigenvalue weighted by molar-refractivity contribution is 1.07. The number of nitrogens with zero attached hydrogens (tertiary/aromatic N) is 6. The van der Waals surface area contributed by atoms with Crippen molar-refractivity contribution in [2.45, 2.75) is 6.92 Å². The van der Waals surface area contributed by atoms with E-state index in [1.54, 1.807) is 0 Å². The molecule has 2 heterocycles. The van der Waals surface area contributed by atoms with Gasteiger partial charge >= 0.3 is 0 Å². The molecule has 0 aliphatic heterocycles. The van der Waals surface area contributed by atoms with Gasteiger partial charge in [-0.15, -0.1) is 0 Å². The molecule has 6 heteroatoms. The number of nitriles is 1. The summed E-state index contributed by atoms with van der Waals surface area (Å²) in [6.07, 6.45) is 0. The Bertz CT molecular complexity index is 2530. The summed E-state index contributed by atoms with van der Waals surface area (Å²) >= 11 is 0. The van der Waals surface area contributed by atoms with Gasteiger partial charge in [-0.2, -0.15) is 5.26 Å². The zero-order valence-electron chi connectivity index (χ0n) is 26.0. The summed E-state index contributed by atoms with van der Waals surface area (Å²) in [5.74, 6) is 1.53. The third-order valence-electron chi connectivity index (χ3n) is 8.65. The van der Waals surface area contributed by atoms with E-state index in [4.69, 9.17) is 21.5 Å². The van der Waals surface area contributed by atoms with Crippen molar-refractivity contribution in [1.82, 2.24) is 19.5 Å². The first-order chi connectivity index (χ1) is 23.6. The zero-order chi connectivity index (χ0) is 32.6. The number of aromatic nitrogens is 4. The molecule has 8 rings (SSSR count). The van der Waals surface area contributed by atoms with Crippen LogP contribution in [0.5, 0.6) is 0 Å². The molecule has 0 N–H and O–H groups in total. The summed E-state index contributed by atoms with van der Waals surface area (Å²) in [5, 5.41) is 12.4. The minimum Gasteiger partial charge on any atom is -0.309 e. The fraction of sp³-hybridized carbons (Fsp3) is 0.0238. The van der Waals surface area contributed by atoms with Crippen LogP contribution in [0.1, 0.15) is 11.1 Å². The van der Waals surface area contributed by atoms with Crippen LogP contribution in [0.15, 0.2) is 140 Å². The van der Waals surface area contributed by atoms with E-state index in [9.17, 15) is 5.26 Å². The lowest BCUT2D eigenvalue weighted by Gasteiger charge is -2.12. The molecule has 48 heavy (non-hydrogen) atoms.